The van der Waals surface area contributed by atoms with Crippen LogP contribution in [0.25, 0.3) is 89.7 Å². The first-order valence-electron chi connectivity index (χ1n) is 30.9. The molecule has 442 valence electrons. The molecule has 11 aromatic rings. The molecule has 5 heterocycles. The average molecular weight is 1230 g/mol. The number of thioether (sulfide) groups is 4. The van der Waals surface area contributed by atoms with Crippen LogP contribution in [0.15, 0.2) is 177 Å². The van der Waals surface area contributed by atoms with Crippen LogP contribution in [-0.2, 0) is 59.5 Å². The second-order valence-electron chi connectivity index (χ2n) is 24.9. The molecule has 0 radical (unpaired) electrons. The molecule has 0 atom stereocenters. The van der Waals surface area contributed by atoms with Crippen molar-refractivity contribution in [1.82, 2.24) is 39.9 Å². The maximum atomic E-state index is 5.81. The van der Waals surface area contributed by atoms with Crippen molar-refractivity contribution >= 4 is 91.2 Å². The fraction of sp³-hybridized carbons (Fsp3) is 0.263. The Labute approximate surface area is 534 Å². The average Bonchev–Trinajstić information content (AvgIpc) is 1.69. The lowest BCUT2D eigenvalue weighted by atomic mass is 9.85. The van der Waals surface area contributed by atoms with Crippen molar-refractivity contribution in [1.29, 1.82) is 0 Å². The Morgan fingerprint density at radius 3 is 0.795 bits per heavy atom. The van der Waals surface area contributed by atoms with Crippen molar-refractivity contribution in [2.75, 3.05) is 0 Å². The van der Waals surface area contributed by atoms with Gasteiger partial charge in [-0.25, -0.2) is 29.9 Å². The van der Waals surface area contributed by atoms with Gasteiger partial charge in [0.05, 0.1) is 0 Å². The highest BCUT2D eigenvalue weighted by atomic mass is 32.2. The van der Waals surface area contributed by atoms with E-state index in [4.69, 9.17) is 29.9 Å². The van der Waals surface area contributed by atoms with Gasteiger partial charge in [0.25, 0.3) is 0 Å². The minimum Gasteiger partial charge on any atom is -0.324 e. The number of aromatic amines is 2. The Kier molecular flexibility index (Phi) is 16.8. The lowest BCUT2D eigenvalue weighted by Crippen LogP contribution is -2.10. The summed E-state index contributed by atoms with van der Waals surface area (Å²) < 4.78 is 0. The summed E-state index contributed by atoms with van der Waals surface area (Å²) in [4.78, 5) is 47.4. The minimum absolute atomic E-state index is 0.144. The van der Waals surface area contributed by atoms with Crippen LogP contribution in [0.1, 0.15) is 125 Å². The van der Waals surface area contributed by atoms with E-state index in [1.807, 2.05) is 47.0 Å². The number of hydrogen-bond acceptors (Lipinski definition) is 10. The number of fused-ring (bicyclic) bond motifs is 20. The van der Waals surface area contributed by atoms with E-state index in [2.05, 4.69) is 237 Å². The van der Waals surface area contributed by atoms with Gasteiger partial charge in [-0.05, 0) is 104 Å². The number of aryl methyl sites for hydroxylation is 4. The molecule has 2 aliphatic rings. The number of aromatic nitrogens is 8. The van der Waals surface area contributed by atoms with E-state index >= 15 is 0 Å². The van der Waals surface area contributed by atoms with Gasteiger partial charge in [-0.15, -0.1) is 47.0 Å². The van der Waals surface area contributed by atoms with Crippen LogP contribution >= 0.6 is 47.0 Å². The molecule has 0 spiro atoms. The van der Waals surface area contributed by atoms with Gasteiger partial charge < -0.3 is 9.97 Å². The van der Waals surface area contributed by atoms with Crippen LogP contribution in [-0.4, -0.2) is 39.9 Å². The summed E-state index contributed by atoms with van der Waals surface area (Å²) >= 11 is 7.72. The summed E-state index contributed by atoms with van der Waals surface area (Å²) in [6, 6.07) is 56.9. The van der Waals surface area contributed by atoms with Crippen molar-refractivity contribution in [3.63, 3.8) is 0 Å². The van der Waals surface area contributed by atoms with Gasteiger partial charge in [-0.3, -0.25) is 0 Å². The van der Waals surface area contributed by atoms with E-state index in [-0.39, 0.29) is 10.8 Å². The Hall–Kier alpha value is -7.48. The fourth-order valence-electron chi connectivity index (χ4n) is 12.3. The quantitative estimate of drug-likeness (QED) is 0.0908. The number of H-pyrrole nitrogens is 2. The second kappa shape index (κ2) is 24.8. The third kappa shape index (κ3) is 11.5. The Balaban J connectivity index is 1.18. The van der Waals surface area contributed by atoms with Crippen LogP contribution in [0.2, 0.25) is 0 Å². The molecular weight excluding hydrogens is 1150 g/mol. The highest BCUT2D eigenvalue weighted by Crippen LogP contribution is 2.50. The first kappa shape index (κ1) is 59.5. The Morgan fingerprint density at radius 1 is 0.307 bits per heavy atom. The molecule has 0 aliphatic carbocycles. The Morgan fingerprint density at radius 2 is 0.557 bits per heavy atom. The van der Waals surface area contributed by atoms with Gasteiger partial charge in [0.15, 0.2) is 23.3 Å². The second-order valence-corrected chi connectivity index (χ2v) is 28.8. The number of benzene rings is 8. The molecule has 88 heavy (non-hydrogen) atoms. The highest BCUT2D eigenvalue weighted by molar-refractivity contribution is 8.02. The third-order valence-electron chi connectivity index (χ3n) is 17.0. The molecule has 8 nitrogen and oxygen atoms in total. The monoisotopic (exact) mass is 1230 g/mol. The smallest absolute Gasteiger partial charge is 0.164 e. The number of nitrogens with zero attached hydrogens (tertiary/aromatic N) is 6. The van der Waals surface area contributed by atoms with E-state index < -0.39 is 0 Å². The van der Waals surface area contributed by atoms with Crippen molar-refractivity contribution in [2.45, 2.75) is 148 Å². The molecule has 0 amide bonds. The number of nitrogens with one attached hydrogen (secondary N) is 2. The number of rotatable bonds is 16. The van der Waals surface area contributed by atoms with Gasteiger partial charge >= 0.3 is 0 Å². The lowest BCUT2D eigenvalue weighted by Gasteiger charge is -2.20. The number of hydrogen-bond donors (Lipinski definition) is 2. The summed E-state index contributed by atoms with van der Waals surface area (Å²) in [6.07, 6.45) is 3.10. The van der Waals surface area contributed by atoms with Crippen LogP contribution in [0.5, 0.6) is 0 Å². The fourth-order valence-corrected chi connectivity index (χ4v) is 17.7. The van der Waals surface area contributed by atoms with E-state index in [1.54, 1.807) is 0 Å². The molecule has 0 unspecified atom stereocenters. The topological polar surface area (TPSA) is 109 Å². The zero-order valence-electron chi connectivity index (χ0n) is 52.0. The molecule has 0 fully saturated rings. The highest BCUT2D eigenvalue weighted by Gasteiger charge is 2.31. The SMILES string of the molecule is CCc1c(SCc2ccccc2)c(SCc2ccccc2)c(CC)c2c3nc4nc(nc5[nH]c(nc6nc(nc([nH]3)c12)-c1ccc(C(C)(C)C)cc1-6)c1c(CC)c(SCc2ccccc2)c(SCc2ccccc2)c(CC)c51)-c1ccc(C(C)(C)C)cc1-4. The molecule has 2 N–H and O–H groups in total. The van der Waals surface area contributed by atoms with Crippen molar-refractivity contribution in [3.8, 4) is 45.6 Å². The van der Waals surface area contributed by atoms with Crippen LogP contribution in [0, 0.1) is 0 Å². The first-order valence-corrected chi connectivity index (χ1v) is 34.9. The van der Waals surface area contributed by atoms with E-state index in [9.17, 15) is 0 Å². The largest absolute Gasteiger partial charge is 0.324 e. The molecule has 3 aromatic heterocycles. The van der Waals surface area contributed by atoms with Gasteiger partial charge in [0.2, 0.25) is 0 Å². The molecular formula is C76H74N8S4. The van der Waals surface area contributed by atoms with Crippen molar-refractivity contribution in [2.24, 2.45) is 0 Å². The normalized spacial score (nSPS) is 12.3. The molecule has 13 rings (SSSR count). The van der Waals surface area contributed by atoms with Crippen molar-refractivity contribution in [3.05, 3.63) is 213 Å². The third-order valence-corrected chi connectivity index (χ3v) is 22.1. The molecule has 0 saturated heterocycles. The summed E-state index contributed by atoms with van der Waals surface area (Å²) in [5.74, 6) is 5.74. The maximum absolute atomic E-state index is 5.81. The molecule has 8 bridgehead atoms. The predicted octanol–water partition coefficient (Wildman–Crippen LogP) is 20.9. The molecule has 8 aromatic carbocycles. The van der Waals surface area contributed by atoms with E-state index in [0.717, 1.165) is 115 Å². The molecule has 2 aliphatic heterocycles. The minimum atomic E-state index is -0.144. The van der Waals surface area contributed by atoms with E-state index in [0.29, 0.717) is 23.3 Å². The van der Waals surface area contributed by atoms with Gasteiger partial charge in [0.1, 0.15) is 22.6 Å². The molecule has 12 heteroatoms. The van der Waals surface area contributed by atoms with Gasteiger partial charge in [0, 0.05) is 86.4 Å². The summed E-state index contributed by atoms with van der Waals surface area (Å²) in [6.45, 7) is 22.8. The van der Waals surface area contributed by atoms with Crippen LogP contribution < -0.4 is 0 Å². The van der Waals surface area contributed by atoms with Gasteiger partial charge in [-0.1, -0.05) is 215 Å². The summed E-state index contributed by atoms with van der Waals surface area (Å²) in [7, 11) is 0. The molecule has 0 saturated carbocycles. The lowest BCUT2D eigenvalue weighted by molar-refractivity contribution is 0.590. The zero-order chi connectivity index (χ0) is 60.8. The zero-order valence-corrected chi connectivity index (χ0v) is 55.3. The standard InChI is InChI=1S/C76H74N8S4/c1-11-51-59-61(53(13-3)65(87-43-47-31-23-17-24-32-47)63(51)85-41-45-27-19-15-20-28-45)73-81-69-58-40-50(76(8,9)10)36-38-56(58)68(78-69)80-72-60-52(12-2)64(86-42-46-29-21-16-22-30-46)66(88-44-48-33-25-18-26-34-48)54(14-4)62(60)74(84-72)82-70-57-39-49(75(5,6)7)35-37-55(57)67(77-70)79-71(59)83-73/h15-40H,11-14,41-44H2,1-10H3,(H2,77,78,79,80,81,82,83,84). The summed E-state index contributed by atoms with van der Waals surface area (Å²) in [5.41, 5.74) is 18.9. The van der Waals surface area contributed by atoms with Crippen molar-refractivity contribution < 1.29 is 0 Å². The van der Waals surface area contributed by atoms with Crippen LogP contribution in [0.4, 0.5) is 0 Å². The predicted molar refractivity (Wildman–Crippen MR) is 375 cm³/mol. The van der Waals surface area contributed by atoms with Crippen LogP contribution in [0.3, 0.4) is 0 Å². The summed E-state index contributed by atoms with van der Waals surface area (Å²) in [5, 5.41) is 4.28. The van der Waals surface area contributed by atoms with E-state index in [1.165, 1.54) is 75.2 Å². The van der Waals surface area contributed by atoms with Gasteiger partial charge in [-0.2, -0.15) is 0 Å². The maximum Gasteiger partial charge on any atom is 0.164 e. The first-order chi connectivity index (χ1) is 42.7. The Bertz CT molecular complexity index is 4330.